The smallest absolute Gasteiger partial charge is 0.00168 e. The number of hydrogen-bond donors (Lipinski definition) is 0. The Morgan fingerprint density at radius 3 is 1.83 bits per heavy atom. The Morgan fingerprint density at radius 2 is 1.00 bits per heavy atom. The van der Waals surface area contributed by atoms with Crippen molar-refractivity contribution in [1.29, 1.82) is 0 Å². The van der Waals surface area contributed by atoms with E-state index in [1.165, 1.54) is 33.0 Å². The Hall–Kier alpha value is -2.86. The van der Waals surface area contributed by atoms with Gasteiger partial charge in [0.05, 0.1) is 0 Å². The summed E-state index contributed by atoms with van der Waals surface area (Å²) in [6, 6.07) is 34.8. The fourth-order valence-corrected chi connectivity index (χ4v) is 3.37. The van der Waals surface area contributed by atoms with Crippen LogP contribution in [0.25, 0.3) is 10.8 Å². The summed E-state index contributed by atoms with van der Waals surface area (Å²) in [7, 11) is 0. The van der Waals surface area contributed by atoms with Crippen molar-refractivity contribution in [2.75, 3.05) is 0 Å². The van der Waals surface area contributed by atoms with Crippen LogP contribution in [0.2, 0.25) is 0 Å². The van der Waals surface area contributed by atoms with E-state index in [9.17, 15) is 0 Å². The molecule has 0 aliphatic carbocycles. The van der Waals surface area contributed by atoms with Gasteiger partial charge in [0.25, 0.3) is 0 Å². The summed E-state index contributed by atoms with van der Waals surface area (Å²) in [6.07, 6.45) is 1.96. The number of benzene rings is 4. The molecule has 0 radical (unpaired) electrons. The first-order valence-electron chi connectivity index (χ1n) is 8.47. The Labute approximate surface area is 143 Å². The van der Waals surface area contributed by atoms with Gasteiger partial charge in [0.15, 0.2) is 0 Å². The van der Waals surface area contributed by atoms with Gasteiger partial charge in [-0.3, -0.25) is 0 Å². The van der Waals surface area contributed by atoms with E-state index in [1.54, 1.807) is 0 Å². The summed E-state index contributed by atoms with van der Waals surface area (Å²) in [5.41, 5.74) is 5.59. The van der Waals surface area contributed by atoms with E-state index in [2.05, 4.69) is 97.1 Å². The highest BCUT2D eigenvalue weighted by molar-refractivity contribution is 5.85. The van der Waals surface area contributed by atoms with Gasteiger partial charge < -0.3 is 0 Å². The molecule has 0 spiro atoms. The average molecular weight is 308 g/mol. The van der Waals surface area contributed by atoms with Crippen molar-refractivity contribution in [1.82, 2.24) is 0 Å². The molecule has 0 fully saturated rings. The predicted octanol–water partition coefficient (Wildman–Crippen LogP) is 6.02. The number of fused-ring (bicyclic) bond motifs is 1. The lowest BCUT2D eigenvalue weighted by Crippen LogP contribution is -1.97. The van der Waals surface area contributed by atoms with Crippen molar-refractivity contribution in [2.24, 2.45) is 0 Å². The van der Waals surface area contributed by atoms with Crippen LogP contribution >= 0.6 is 0 Å². The summed E-state index contributed by atoms with van der Waals surface area (Å²) in [5, 5.41) is 2.67. The lowest BCUT2D eigenvalue weighted by Gasteiger charge is -2.12. The fraction of sp³-hybridized carbons (Fsp3) is 0.0833. The van der Waals surface area contributed by atoms with Gasteiger partial charge >= 0.3 is 0 Å². The zero-order valence-electron chi connectivity index (χ0n) is 13.7. The lowest BCUT2D eigenvalue weighted by atomic mass is 9.93. The van der Waals surface area contributed by atoms with Crippen molar-refractivity contribution < 1.29 is 0 Å². The van der Waals surface area contributed by atoms with Crippen molar-refractivity contribution >= 4 is 10.8 Å². The van der Waals surface area contributed by atoms with Crippen LogP contribution in [0, 0.1) is 0 Å². The Morgan fingerprint density at radius 1 is 0.417 bits per heavy atom. The molecular weight excluding hydrogens is 288 g/mol. The van der Waals surface area contributed by atoms with Gasteiger partial charge in [-0.05, 0) is 45.9 Å². The highest BCUT2D eigenvalue weighted by Crippen LogP contribution is 2.23. The molecule has 4 aromatic rings. The first-order valence-corrected chi connectivity index (χ1v) is 8.47. The molecule has 116 valence electrons. The van der Waals surface area contributed by atoms with Gasteiger partial charge in [-0.25, -0.2) is 0 Å². The number of rotatable bonds is 4. The lowest BCUT2D eigenvalue weighted by molar-refractivity contribution is 1.10. The van der Waals surface area contributed by atoms with E-state index < -0.39 is 0 Å². The molecule has 0 amide bonds. The molecule has 0 aliphatic heterocycles. The largest absolute Gasteiger partial charge is 0.0622 e. The van der Waals surface area contributed by atoms with Crippen molar-refractivity contribution in [3.63, 3.8) is 0 Å². The summed E-state index contributed by atoms with van der Waals surface area (Å²) >= 11 is 0. The first kappa shape index (κ1) is 14.7. The van der Waals surface area contributed by atoms with E-state index in [0.29, 0.717) is 0 Å². The molecule has 0 N–H and O–H groups in total. The van der Waals surface area contributed by atoms with Gasteiger partial charge in [0, 0.05) is 0 Å². The van der Waals surface area contributed by atoms with E-state index in [0.717, 1.165) is 12.8 Å². The molecule has 0 bridgehead atoms. The standard InChI is InChI=1S/C24H20/c1-2-9-19(10-3-1)17-21-12-4-5-13-22(21)18-23-15-8-14-20-11-6-7-16-24(20)23/h1-16H,17-18H2. The van der Waals surface area contributed by atoms with Gasteiger partial charge in [-0.15, -0.1) is 0 Å². The molecule has 0 heteroatoms. The van der Waals surface area contributed by atoms with Gasteiger partial charge in [-0.2, -0.15) is 0 Å². The third kappa shape index (κ3) is 3.09. The first-order chi connectivity index (χ1) is 11.9. The van der Waals surface area contributed by atoms with Crippen LogP contribution in [0.1, 0.15) is 22.3 Å². The highest BCUT2D eigenvalue weighted by Gasteiger charge is 2.06. The molecule has 24 heavy (non-hydrogen) atoms. The average Bonchev–Trinajstić information content (AvgIpc) is 2.64. The minimum Gasteiger partial charge on any atom is -0.0622 e. The van der Waals surface area contributed by atoms with Crippen molar-refractivity contribution in [3.05, 3.63) is 119 Å². The maximum atomic E-state index is 2.26. The Balaban J connectivity index is 1.70. The molecule has 4 aromatic carbocycles. The van der Waals surface area contributed by atoms with E-state index in [1.807, 2.05) is 0 Å². The second kappa shape index (κ2) is 6.72. The summed E-state index contributed by atoms with van der Waals surface area (Å²) in [5.74, 6) is 0. The highest BCUT2D eigenvalue weighted by atomic mass is 14.1. The van der Waals surface area contributed by atoms with Gasteiger partial charge in [0.1, 0.15) is 0 Å². The van der Waals surface area contributed by atoms with Gasteiger partial charge in [0.2, 0.25) is 0 Å². The third-order valence-electron chi connectivity index (χ3n) is 4.62. The maximum Gasteiger partial charge on any atom is -0.00168 e. The van der Waals surface area contributed by atoms with Crippen LogP contribution in [-0.2, 0) is 12.8 Å². The summed E-state index contributed by atoms with van der Waals surface area (Å²) in [4.78, 5) is 0. The third-order valence-corrected chi connectivity index (χ3v) is 4.62. The zero-order chi connectivity index (χ0) is 16.2. The van der Waals surface area contributed by atoms with Crippen molar-refractivity contribution in [2.45, 2.75) is 12.8 Å². The molecule has 0 unspecified atom stereocenters. The minimum atomic E-state index is 0.977. The van der Waals surface area contributed by atoms with Crippen molar-refractivity contribution in [3.8, 4) is 0 Å². The van der Waals surface area contributed by atoms with Crippen LogP contribution in [0.5, 0.6) is 0 Å². The summed E-state index contributed by atoms with van der Waals surface area (Å²) in [6.45, 7) is 0. The Bertz CT molecular complexity index is 946. The quantitative estimate of drug-likeness (QED) is 0.432. The second-order valence-electron chi connectivity index (χ2n) is 6.25. The number of hydrogen-bond acceptors (Lipinski definition) is 0. The molecule has 0 heterocycles. The molecular formula is C24H20. The molecule has 0 aliphatic rings. The zero-order valence-corrected chi connectivity index (χ0v) is 13.7. The molecule has 0 saturated heterocycles. The van der Waals surface area contributed by atoms with Crippen LogP contribution < -0.4 is 0 Å². The van der Waals surface area contributed by atoms with Gasteiger partial charge in [-0.1, -0.05) is 97.1 Å². The molecule has 0 aromatic heterocycles. The van der Waals surface area contributed by atoms with E-state index in [-0.39, 0.29) is 0 Å². The fourth-order valence-electron chi connectivity index (χ4n) is 3.37. The second-order valence-corrected chi connectivity index (χ2v) is 6.25. The molecule has 0 saturated carbocycles. The minimum absolute atomic E-state index is 0.977. The van der Waals surface area contributed by atoms with E-state index >= 15 is 0 Å². The van der Waals surface area contributed by atoms with E-state index in [4.69, 9.17) is 0 Å². The van der Waals surface area contributed by atoms with Crippen LogP contribution in [0.15, 0.2) is 97.1 Å². The monoisotopic (exact) mass is 308 g/mol. The Kier molecular flexibility index (Phi) is 4.12. The normalized spacial score (nSPS) is 10.8. The summed E-state index contributed by atoms with van der Waals surface area (Å²) < 4.78 is 0. The molecule has 0 nitrogen and oxygen atoms in total. The maximum absolute atomic E-state index is 2.26. The molecule has 0 atom stereocenters. The topological polar surface area (TPSA) is 0 Å². The van der Waals surface area contributed by atoms with Crippen LogP contribution in [0.3, 0.4) is 0 Å². The van der Waals surface area contributed by atoms with Crippen LogP contribution in [0.4, 0.5) is 0 Å². The molecule has 4 rings (SSSR count). The van der Waals surface area contributed by atoms with Crippen LogP contribution in [-0.4, -0.2) is 0 Å². The predicted molar refractivity (Wildman–Crippen MR) is 102 cm³/mol. The SMILES string of the molecule is c1ccc(Cc2ccccc2Cc2cccc3ccccc23)cc1.